The average Bonchev–Trinajstić information content (AvgIpc) is 2.64. The van der Waals surface area contributed by atoms with Crippen molar-refractivity contribution in [1.29, 1.82) is 0 Å². The predicted octanol–water partition coefficient (Wildman–Crippen LogP) is 6.05. The Morgan fingerprint density at radius 3 is 1.81 bits per heavy atom. The Kier molecular flexibility index (Phi) is 18.5. The molecule has 0 aromatic carbocycles. The molecule has 4 heteroatoms. The van der Waals surface area contributed by atoms with Gasteiger partial charge in [0.25, 0.3) is 0 Å². The monoisotopic (exact) mass is 381 g/mol. The highest BCUT2D eigenvalue weighted by atomic mass is 16.5. The molecule has 0 unspecified atom stereocenters. The summed E-state index contributed by atoms with van der Waals surface area (Å²) < 4.78 is 5.09. The first kappa shape index (κ1) is 25.7. The Hall–Kier alpha value is -1.32. The third-order valence-electron chi connectivity index (χ3n) is 4.72. The average molecular weight is 382 g/mol. The van der Waals surface area contributed by atoms with E-state index in [0.29, 0.717) is 6.42 Å². The van der Waals surface area contributed by atoms with E-state index in [1.54, 1.807) is 14.1 Å². The van der Waals surface area contributed by atoms with E-state index in [4.69, 9.17) is 4.74 Å². The van der Waals surface area contributed by atoms with E-state index in [9.17, 15) is 9.59 Å². The molecule has 1 amide bonds. The van der Waals surface area contributed by atoms with Gasteiger partial charge in [0, 0.05) is 20.5 Å². The molecule has 0 aliphatic heterocycles. The van der Waals surface area contributed by atoms with Gasteiger partial charge in [-0.25, -0.2) is 0 Å². The SMILES string of the molecule is CCCCCCCCC=CCCCCCCCC(=O)OCCC(=O)N(C)C. The minimum absolute atomic E-state index is 0.0103. The van der Waals surface area contributed by atoms with Crippen molar-refractivity contribution < 1.29 is 14.3 Å². The van der Waals surface area contributed by atoms with E-state index < -0.39 is 0 Å². The molecule has 0 atom stereocenters. The molecule has 0 aromatic rings. The van der Waals surface area contributed by atoms with Gasteiger partial charge in [-0.05, 0) is 32.1 Å². The van der Waals surface area contributed by atoms with E-state index in [0.717, 1.165) is 12.8 Å². The topological polar surface area (TPSA) is 46.6 Å². The fourth-order valence-corrected chi connectivity index (χ4v) is 2.89. The number of ether oxygens (including phenoxy) is 1. The van der Waals surface area contributed by atoms with Crippen LogP contribution in [0.15, 0.2) is 12.2 Å². The lowest BCUT2D eigenvalue weighted by molar-refractivity contribution is -0.145. The standard InChI is InChI=1S/C23H43NO3/c1-4-5-6-7-8-9-10-11-12-13-14-15-16-17-18-19-23(26)27-21-20-22(25)24(2)3/h11-12H,4-10,13-21H2,1-3H3. The van der Waals surface area contributed by atoms with Crippen molar-refractivity contribution in [2.75, 3.05) is 20.7 Å². The van der Waals surface area contributed by atoms with Crippen LogP contribution in [0.4, 0.5) is 0 Å². The number of rotatable bonds is 18. The zero-order valence-corrected chi connectivity index (χ0v) is 18.1. The molecule has 0 rings (SSSR count). The molecule has 0 aliphatic rings. The number of esters is 1. The summed E-state index contributed by atoms with van der Waals surface area (Å²) in [6.07, 6.45) is 21.6. The smallest absolute Gasteiger partial charge is 0.305 e. The number of hydrogen-bond acceptors (Lipinski definition) is 3. The summed E-state index contributed by atoms with van der Waals surface area (Å²) in [4.78, 5) is 24.4. The number of carbonyl (C=O) groups excluding carboxylic acids is 2. The number of amides is 1. The van der Waals surface area contributed by atoms with Crippen molar-refractivity contribution in [3.8, 4) is 0 Å². The molecule has 0 aromatic heterocycles. The van der Waals surface area contributed by atoms with E-state index >= 15 is 0 Å². The maximum atomic E-state index is 11.6. The molecule has 0 heterocycles. The molecule has 0 saturated heterocycles. The lowest BCUT2D eigenvalue weighted by Gasteiger charge is -2.10. The Bertz CT molecular complexity index is 391. The van der Waals surface area contributed by atoms with Gasteiger partial charge in [0.1, 0.15) is 6.61 Å². The fourth-order valence-electron chi connectivity index (χ4n) is 2.89. The van der Waals surface area contributed by atoms with Crippen molar-refractivity contribution in [3.05, 3.63) is 12.2 Å². The van der Waals surface area contributed by atoms with Crippen LogP contribution in [-0.2, 0) is 14.3 Å². The van der Waals surface area contributed by atoms with E-state index in [-0.39, 0.29) is 24.9 Å². The van der Waals surface area contributed by atoms with Gasteiger partial charge in [0.2, 0.25) is 5.91 Å². The van der Waals surface area contributed by atoms with E-state index in [1.165, 1.54) is 75.5 Å². The highest BCUT2D eigenvalue weighted by Gasteiger charge is 2.06. The summed E-state index contributed by atoms with van der Waals surface area (Å²) in [5.74, 6) is -0.192. The van der Waals surface area contributed by atoms with Crippen LogP contribution in [0, 0.1) is 0 Å². The molecule has 0 radical (unpaired) electrons. The number of carbonyl (C=O) groups is 2. The van der Waals surface area contributed by atoms with E-state index in [1.807, 2.05) is 0 Å². The normalized spacial score (nSPS) is 11.1. The van der Waals surface area contributed by atoms with Gasteiger partial charge in [-0.2, -0.15) is 0 Å². The quantitative estimate of drug-likeness (QED) is 0.165. The van der Waals surface area contributed by atoms with Crippen LogP contribution in [0.2, 0.25) is 0 Å². The summed E-state index contributed by atoms with van der Waals surface area (Å²) in [5.41, 5.74) is 0. The second-order valence-corrected chi connectivity index (χ2v) is 7.59. The number of hydrogen-bond donors (Lipinski definition) is 0. The maximum absolute atomic E-state index is 11.6. The molecule has 0 fully saturated rings. The van der Waals surface area contributed by atoms with Gasteiger partial charge in [-0.3, -0.25) is 9.59 Å². The molecular weight excluding hydrogens is 338 g/mol. The van der Waals surface area contributed by atoms with Gasteiger partial charge in [0.15, 0.2) is 0 Å². The third-order valence-corrected chi connectivity index (χ3v) is 4.72. The van der Waals surface area contributed by atoms with Crippen LogP contribution >= 0.6 is 0 Å². The minimum Gasteiger partial charge on any atom is -0.465 e. The lowest BCUT2D eigenvalue weighted by Crippen LogP contribution is -2.23. The minimum atomic E-state index is -0.181. The summed E-state index contributed by atoms with van der Waals surface area (Å²) in [5, 5.41) is 0. The van der Waals surface area contributed by atoms with Crippen molar-refractivity contribution in [1.82, 2.24) is 4.90 Å². The van der Waals surface area contributed by atoms with Crippen LogP contribution in [0.1, 0.15) is 103 Å². The molecule has 158 valence electrons. The first-order chi connectivity index (χ1) is 13.1. The zero-order valence-electron chi connectivity index (χ0n) is 18.1. The zero-order chi connectivity index (χ0) is 20.2. The molecular formula is C23H43NO3. The fraction of sp³-hybridized carbons (Fsp3) is 0.826. The summed E-state index contributed by atoms with van der Waals surface area (Å²) in [6.45, 7) is 2.45. The third kappa shape index (κ3) is 19.3. The molecule has 0 spiro atoms. The highest BCUT2D eigenvalue weighted by Crippen LogP contribution is 2.10. The van der Waals surface area contributed by atoms with Crippen molar-refractivity contribution in [2.24, 2.45) is 0 Å². The van der Waals surface area contributed by atoms with Crippen LogP contribution in [0.3, 0.4) is 0 Å². The van der Waals surface area contributed by atoms with Crippen molar-refractivity contribution >= 4 is 11.9 Å². The Morgan fingerprint density at radius 2 is 1.26 bits per heavy atom. The molecule has 0 bridgehead atoms. The summed E-state index contributed by atoms with van der Waals surface area (Å²) >= 11 is 0. The van der Waals surface area contributed by atoms with Gasteiger partial charge in [-0.1, -0.05) is 70.4 Å². The van der Waals surface area contributed by atoms with Crippen molar-refractivity contribution in [2.45, 2.75) is 103 Å². The van der Waals surface area contributed by atoms with E-state index in [2.05, 4.69) is 19.1 Å². The predicted molar refractivity (Wildman–Crippen MR) is 114 cm³/mol. The molecule has 0 N–H and O–H groups in total. The van der Waals surface area contributed by atoms with Crippen LogP contribution in [0.5, 0.6) is 0 Å². The molecule has 0 aliphatic carbocycles. The number of nitrogens with zero attached hydrogens (tertiary/aromatic N) is 1. The number of unbranched alkanes of at least 4 members (excludes halogenated alkanes) is 11. The van der Waals surface area contributed by atoms with Gasteiger partial charge in [-0.15, -0.1) is 0 Å². The van der Waals surface area contributed by atoms with Crippen LogP contribution < -0.4 is 0 Å². The maximum Gasteiger partial charge on any atom is 0.305 e. The van der Waals surface area contributed by atoms with Crippen LogP contribution in [-0.4, -0.2) is 37.5 Å². The first-order valence-electron chi connectivity index (χ1n) is 11.1. The Balaban J connectivity index is 3.29. The lowest BCUT2D eigenvalue weighted by atomic mass is 10.1. The second-order valence-electron chi connectivity index (χ2n) is 7.59. The summed E-state index contributed by atoms with van der Waals surface area (Å²) in [7, 11) is 3.41. The Morgan fingerprint density at radius 1 is 0.741 bits per heavy atom. The summed E-state index contributed by atoms with van der Waals surface area (Å²) in [6, 6.07) is 0. The highest BCUT2D eigenvalue weighted by molar-refractivity contribution is 5.76. The molecule has 27 heavy (non-hydrogen) atoms. The van der Waals surface area contributed by atoms with Gasteiger partial charge >= 0.3 is 5.97 Å². The Labute approximate surface area is 167 Å². The van der Waals surface area contributed by atoms with Gasteiger partial charge < -0.3 is 9.64 Å². The van der Waals surface area contributed by atoms with Crippen LogP contribution in [0.25, 0.3) is 0 Å². The largest absolute Gasteiger partial charge is 0.465 e. The second kappa shape index (κ2) is 19.4. The van der Waals surface area contributed by atoms with Crippen molar-refractivity contribution in [3.63, 3.8) is 0 Å². The first-order valence-corrected chi connectivity index (χ1v) is 11.1. The molecule has 4 nitrogen and oxygen atoms in total. The number of allylic oxidation sites excluding steroid dienone is 2. The molecule has 0 saturated carbocycles. The van der Waals surface area contributed by atoms with Gasteiger partial charge in [0.05, 0.1) is 6.42 Å².